The minimum atomic E-state index is 0.405. The maximum absolute atomic E-state index is 5.83. The van der Waals surface area contributed by atoms with Crippen molar-refractivity contribution in [2.24, 2.45) is 0 Å². The number of hydrogen-bond donors (Lipinski definition) is 1. The van der Waals surface area contributed by atoms with E-state index in [9.17, 15) is 0 Å². The minimum Gasteiger partial charge on any atom is -0.494 e. The number of fused-ring (bicyclic) bond motifs is 1. The van der Waals surface area contributed by atoms with Gasteiger partial charge in [-0.1, -0.05) is 25.2 Å². The fraction of sp³-hybridized carbons (Fsp3) is 0.562. The van der Waals surface area contributed by atoms with Gasteiger partial charge in [0.25, 0.3) is 0 Å². The van der Waals surface area contributed by atoms with Gasteiger partial charge < -0.3 is 14.8 Å². The first-order valence-electron chi connectivity index (χ1n) is 7.38. The number of benzene rings is 1. The van der Waals surface area contributed by atoms with E-state index in [-0.39, 0.29) is 0 Å². The lowest BCUT2D eigenvalue weighted by Crippen LogP contribution is -2.06. The highest BCUT2D eigenvalue weighted by atomic mass is 32.1. The van der Waals surface area contributed by atoms with Crippen LogP contribution in [0.25, 0.3) is 10.2 Å². The lowest BCUT2D eigenvalue weighted by atomic mass is 9.99. The third-order valence-corrected chi connectivity index (χ3v) is 4.36. The number of ether oxygens (including phenoxy) is 2. The highest BCUT2D eigenvalue weighted by molar-refractivity contribution is 7.22. The van der Waals surface area contributed by atoms with E-state index in [4.69, 9.17) is 14.5 Å². The average Bonchev–Trinajstić information content (AvgIpc) is 2.83. The summed E-state index contributed by atoms with van der Waals surface area (Å²) >= 11 is 1.70. The molecule has 0 amide bonds. The second kappa shape index (κ2) is 7.09. The van der Waals surface area contributed by atoms with Crippen molar-refractivity contribution in [3.05, 3.63) is 17.2 Å². The molecule has 2 rings (SSSR count). The second-order valence-corrected chi connectivity index (χ2v) is 6.31. The van der Waals surface area contributed by atoms with Crippen molar-refractivity contribution in [2.75, 3.05) is 32.2 Å². The minimum absolute atomic E-state index is 0.405. The Balaban J connectivity index is 2.47. The highest BCUT2D eigenvalue weighted by Gasteiger charge is 2.18. The van der Waals surface area contributed by atoms with Crippen LogP contribution in [0.3, 0.4) is 0 Å². The number of hydrogen-bond acceptors (Lipinski definition) is 5. The molecule has 1 aromatic heterocycles. The molecule has 0 saturated carbocycles. The Hall–Kier alpha value is -1.33. The smallest absolute Gasteiger partial charge is 0.183 e. The topological polar surface area (TPSA) is 43.4 Å². The molecular weight excluding hydrogens is 284 g/mol. The summed E-state index contributed by atoms with van der Waals surface area (Å²) < 4.78 is 12.1. The monoisotopic (exact) mass is 308 g/mol. The van der Waals surface area contributed by atoms with E-state index in [0.717, 1.165) is 28.5 Å². The van der Waals surface area contributed by atoms with Crippen LogP contribution in [0.4, 0.5) is 5.13 Å². The molecule has 0 radical (unpaired) electrons. The fourth-order valence-corrected chi connectivity index (χ4v) is 3.64. The second-order valence-electron chi connectivity index (χ2n) is 5.31. The Morgan fingerprint density at radius 2 is 2.14 bits per heavy atom. The maximum Gasteiger partial charge on any atom is 0.183 e. The van der Waals surface area contributed by atoms with Crippen LogP contribution in [0.2, 0.25) is 0 Å². The number of anilines is 1. The lowest BCUT2D eigenvalue weighted by Gasteiger charge is -2.15. The number of nitrogens with one attached hydrogen (secondary N) is 1. The zero-order valence-electron chi connectivity index (χ0n) is 13.4. The molecule has 5 heteroatoms. The molecule has 0 aliphatic heterocycles. The van der Waals surface area contributed by atoms with Gasteiger partial charge in [-0.2, -0.15) is 0 Å². The Kier molecular flexibility index (Phi) is 5.42. The zero-order valence-corrected chi connectivity index (χ0v) is 14.3. The van der Waals surface area contributed by atoms with E-state index in [1.54, 1.807) is 18.4 Å². The van der Waals surface area contributed by atoms with Gasteiger partial charge in [-0.3, -0.25) is 0 Å². The third-order valence-electron chi connectivity index (χ3n) is 3.32. The quantitative estimate of drug-likeness (QED) is 0.779. The molecule has 0 spiro atoms. The molecule has 116 valence electrons. The Morgan fingerprint density at radius 1 is 1.38 bits per heavy atom. The molecule has 0 bridgehead atoms. The van der Waals surface area contributed by atoms with E-state index in [2.05, 4.69) is 32.2 Å². The van der Waals surface area contributed by atoms with Gasteiger partial charge in [0.1, 0.15) is 5.75 Å². The van der Waals surface area contributed by atoms with Crippen LogP contribution in [0, 0.1) is 6.92 Å². The molecule has 0 unspecified atom stereocenters. The van der Waals surface area contributed by atoms with Crippen LogP contribution in [0.15, 0.2) is 6.07 Å². The Labute approximate surface area is 130 Å². The summed E-state index contributed by atoms with van der Waals surface area (Å²) in [7, 11) is 1.70. The molecule has 1 aromatic carbocycles. The molecule has 0 aliphatic rings. The first-order valence-corrected chi connectivity index (χ1v) is 8.19. The number of aryl methyl sites for hydroxylation is 1. The van der Waals surface area contributed by atoms with Gasteiger partial charge in [-0.25, -0.2) is 4.98 Å². The lowest BCUT2D eigenvalue weighted by molar-refractivity contribution is 0.211. The third kappa shape index (κ3) is 3.47. The van der Waals surface area contributed by atoms with Crippen LogP contribution >= 0.6 is 11.3 Å². The molecule has 0 aliphatic carbocycles. The van der Waals surface area contributed by atoms with Gasteiger partial charge in [0, 0.05) is 19.2 Å². The van der Waals surface area contributed by atoms with E-state index >= 15 is 0 Å². The summed E-state index contributed by atoms with van der Waals surface area (Å²) in [6, 6.07) is 2.11. The summed E-state index contributed by atoms with van der Waals surface area (Å²) in [6.45, 7) is 10.6. The van der Waals surface area contributed by atoms with Gasteiger partial charge >= 0.3 is 0 Å². The van der Waals surface area contributed by atoms with Crippen LogP contribution in [0.5, 0.6) is 5.75 Å². The number of rotatable bonds is 7. The van der Waals surface area contributed by atoms with Gasteiger partial charge in [-0.05, 0) is 31.4 Å². The van der Waals surface area contributed by atoms with Crippen molar-refractivity contribution in [1.82, 2.24) is 4.98 Å². The maximum atomic E-state index is 5.83. The summed E-state index contributed by atoms with van der Waals surface area (Å²) in [5, 5.41) is 4.27. The van der Waals surface area contributed by atoms with Gasteiger partial charge in [-0.15, -0.1) is 0 Å². The summed E-state index contributed by atoms with van der Waals surface area (Å²) in [4.78, 5) is 4.72. The van der Waals surface area contributed by atoms with Gasteiger partial charge in [0.15, 0.2) is 5.13 Å². The molecule has 1 heterocycles. The standard InChI is InChI=1S/C16H24N2O2S/c1-6-20-12-9-11(4)14-15(13(12)10(2)3)21-16(18-14)17-7-8-19-5/h9-10H,6-8H2,1-5H3,(H,17,18). The van der Waals surface area contributed by atoms with E-state index < -0.39 is 0 Å². The predicted molar refractivity (Wildman–Crippen MR) is 90.0 cm³/mol. The van der Waals surface area contributed by atoms with E-state index in [1.165, 1.54) is 10.3 Å². The molecular formula is C16H24N2O2S. The normalized spacial score (nSPS) is 11.3. The first-order chi connectivity index (χ1) is 10.1. The molecule has 21 heavy (non-hydrogen) atoms. The Bertz CT molecular complexity index is 608. The predicted octanol–water partition coefficient (Wildman–Crippen LogP) is 4.19. The highest BCUT2D eigenvalue weighted by Crippen LogP contribution is 2.40. The fourth-order valence-electron chi connectivity index (χ4n) is 2.38. The average molecular weight is 308 g/mol. The van der Waals surface area contributed by atoms with Crippen molar-refractivity contribution >= 4 is 26.7 Å². The number of thiazole rings is 1. The molecule has 4 nitrogen and oxygen atoms in total. The number of methoxy groups -OCH3 is 1. The molecule has 0 atom stereocenters. The summed E-state index contributed by atoms with van der Waals surface area (Å²) in [5.41, 5.74) is 3.50. The largest absolute Gasteiger partial charge is 0.494 e. The summed E-state index contributed by atoms with van der Waals surface area (Å²) in [5.74, 6) is 1.39. The number of nitrogens with zero attached hydrogens (tertiary/aromatic N) is 1. The van der Waals surface area contributed by atoms with Crippen molar-refractivity contribution in [2.45, 2.75) is 33.6 Å². The van der Waals surface area contributed by atoms with Crippen LogP contribution in [-0.4, -0.2) is 31.9 Å². The molecule has 0 fully saturated rings. The Morgan fingerprint density at radius 3 is 2.76 bits per heavy atom. The van der Waals surface area contributed by atoms with Gasteiger partial charge in [0.05, 0.1) is 23.4 Å². The molecule has 0 saturated heterocycles. The van der Waals surface area contributed by atoms with Gasteiger partial charge in [0.2, 0.25) is 0 Å². The zero-order chi connectivity index (χ0) is 15.4. The van der Waals surface area contributed by atoms with Crippen molar-refractivity contribution in [3.63, 3.8) is 0 Å². The van der Waals surface area contributed by atoms with Crippen molar-refractivity contribution in [1.29, 1.82) is 0 Å². The van der Waals surface area contributed by atoms with Crippen molar-refractivity contribution in [3.8, 4) is 5.75 Å². The molecule has 1 N–H and O–H groups in total. The SMILES string of the molecule is CCOc1cc(C)c2nc(NCCOC)sc2c1C(C)C. The first kappa shape index (κ1) is 16.0. The van der Waals surface area contributed by atoms with Crippen LogP contribution < -0.4 is 10.1 Å². The van der Waals surface area contributed by atoms with Crippen LogP contribution in [-0.2, 0) is 4.74 Å². The summed E-state index contributed by atoms with van der Waals surface area (Å²) in [6.07, 6.45) is 0. The molecule has 2 aromatic rings. The van der Waals surface area contributed by atoms with Crippen molar-refractivity contribution < 1.29 is 9.47 Å². The number of aromatic nitrogens is 1. The van der Waals surface area contributed by atoms with E-state index in [1.807, 2.05) is 6.92 Å². The van der Waals surface area contributed by atoms with Crippen LogP contribution in [0.1, 0.15) is 37.8 Å². The van der Waals surface area contributed by atoms with E-state index in [0.29, 0.717) is 19.1 Å².